The molecule has 0 amide bonds. The van der Waals surface area contributed by atoms with Crippen LogP contribution in [0.2, 0.25) is 0 Å². The smallest absolute Gasteiger partial charge is 0.308 e. The van der Waals surface area contributed by atoms with Crippen LogP contribution >= 0.6 is 22.6 Å². The summed E-state index contributed by atoms with van der Waals surface area (Å²) in [6.45, 7) is 6.34. The minimum absolute atomic E-state index is 0.000447. The van der Waals surface area contributed by atoms with Gasteiger partial charge in [-0.15, -0.1) is 0 Å². The summed E-state index contributed by atoms with van der Waals surface area (Å²) in [7, 11) is 0. The van der Waals surface area contributed by atoms with Crippen LogP contribution in [-0.2, 0) is 9.53 Å². The van der Waals surface area contributed by atoms with Gasteiger partial charge in [-0.3, -0.25) is 4.79 Å². The third-order valence-corrected chi connectivity index (χ3v) is 1.85. The second-order valence-electron chi connectivity index (χ2n) is 2.89. The van der Waals surface area contributed by atoms with Crippen LogP contribution in [0.3, 0.4) is 0 Å². The zero-order valence-corrected chi connectivity index (χ0v) is 9.42. The van der Waals surface area contributed by atoms with Gasteiger partial charge in [0.05, 0.1) is 12.5 Å². The summed E-state index contributed by atoms with van der Waals surface area (Å²) < 4.78 is 5.55. The summed E-state index contributed by atoms with van der Waals surface area (Å²) in [5.74, 6) is -0.0958. The van der Waals surface area contributed by atoms with Crippen molar-refractivity contribution in [3.8, 4) is 0 Å². The maximum absolute atomic E-state index is 10.9. The molecule has 0 bridgehead atoms. The van der Waals surface area contributed by atoms with E-state index in [4.69, 9.17) is 4.74 Å². The standard InChI is InChI=1S/C8H15IO2/c1-6(2)8(10)11-5-4-7(3)9/h6-7H,4-5H2,1-3H3. The van der Waals surface area contributed by atoms with Crippen molar-refractivity contribution in [1.82, 2.24) is 0 Å². The largest absolute Gasteiger partial charge is 0.465 e. The summed E-state index contributed by atoms with van der Waals surface area (Å²) in [5.41, 5.74) is 0. The summed E-state index contributed by atoms with van der Waals surface area (Å²) in [4.78, 5) is 10.9. The van der Waals surface area contributed by atoms with Crippen LogP contribution in [0.5, 0.6) is 0 Å². The Morgan fingerprint density at radius 2 is 2.00 bits per heavy atom. The molecule has 0 aromatic rings. The van der Waals surface area contributed by atoms with E-state index in [1.165, 1.54) is 0 Å². The molecule has 1 unspecified atom stereocenters. The molecule has 66 valence electrons. The molecule has 1 atom stereocenters. The molecule has 11 heavy (non-hydrogen) atoms. The Bertz CT molecular complexity index is 121. The van der Waals surface area contributed by atoms with Gasteiger partial charge in [0.15, 0.2) is 0 Å². The van der Waals surface area contributed by atoms with Crippen molar-refractivity contribution in [1.29, 1.82) is 0 Å². The first kappa shape index (κ1) is 11.2. The number of rotatable bonds is 4. The van der Waals surface area contributed by atoms with Crippen LogP contribution in [0, 0.1) is 5.92 Å². The van der Waals surface area contributed by atoms with Crippen LogP contribution in [0.1, 0.15) is 27.2 Å². The van der Waals surface area contributed by atoms with E-state index in [0.29, 0.717) is 10.5 Å². The summed E-state index contributed by atoms with van der Waals surface area (Å²) in [6.07, 6.45) is 0.943. The van der Waals surface area contributed by atoms with Crippen molar-refractivity contribution in [2.24, 2.45) is 5.92 Å². The van der Waals surface area contributed by atoms with E-state index in [9.17, 15) is 4.79 Å². The van der Waals surface area contributed by atoms with Gasteiger partial charge in [-0.2, -0.15) is 0 Å². The van der Waals surface area contributed by atoms with Gasteiger partial charge in [-0.05, 0) is 6.42 Å². The Morgan fingerprint density at radius 3 is 2.36 bits per heavy atom. The molecule has 0 fully saturated rings. The molecule has 0 aromatic carbocycles. The van der Waals surface area contributed by atoms with Crippen LogP contribution < -0.4 is 0 Å². The van der Waals surface area contributed by atoms with E-state index in [2.05, 4.69) is 29.5 Å². The molecule has 0 aliphatic carbocycles. The highest BCUT2D eigenvalue weighted by Gasteiger charge is 2.07. The van der Waals surface area contributed by atoms with Crippen molar-refractivity contribution >= 4 is 28.6 Å². The lowest BCUT2D eigenvalue weighted by molar-refractivity contribution is -0.147. The highest BCUT2D eigenvalue weighted by molar-refractivity contribution is 14.1. The average Bonchev–Trinajstić information content (AvgIpc) is 1.86. The lowest BCUT2D eigenvalue weighted by atomic mass is 10.2. The number of hydrogen-bond acceptors (Lipinski definition) is 2. The highest BCUT2D eigenvalue weighted by atomic mass is 127. The number of carbonyl (C=O) groups excluding carboxylic acids is 1. The fourth-order valence-corrected chi connectivity index (χ4v) is 0.743. The topological polar surface area (TPSA) is 26.3 Å². The predicted octanol–water partition coefficient (Wildman–Crippen LogP) is 2.40. The number of esters is 1. The number of hydrogen-bond donors (Lipinski definition) is 0. The van der Waals surface area contributed by atoms with Gasteiger partial charge < -0.3 is 4.74 Å². The second kappa shape index (κ2) is 5.80. The van der Waals surface area contributed by atoms with Crippen LogP contribution in [0.25, 0.3) is 0 Å². The number of halogens is 1. The Kier molecular flexibility index (Phi) is 5.91. The predicted molar refractivity (Wildman–Crippen MR) is 53.9 cm³/mol. The monoisotopic (exact) mass is 270 g/mol. The lowest BCUT2D eigenvalue weighted by Gasteiger charge is -2.07. The van der Waals surface area contributed by atoms with Gasteiger partial charge in [0.25, 0.3) is 0 Å². The molecule has 0 heterocycles. The molecule has 2 nitrogen and oxygen atoms in total. The van der Waals surface area contributed by atoms with Crippen molar-refractivity contribution in [2.45, 2.75) is 31.1 Å². The molecule has 0 radical (unpaired) electrons. The van der Waals surface area contributed by atoms with E-state index in [-0.39, 0.29) is 11.9 Å². The van der Waals surface area contributed by atoms with E-state index >= 15 is 0 Å². The van der Waals surface area contributed by atoms with E-state index < -0.39 is 0 Å². The van der Waals surface area contributed by atoms with E-state index in [1.54, 1.807) is 0 Å². The molecule has 0 N–H and O–H groups in total. The summed E-state index contributed by atoms with van der Waals surface area (Å²) >= 11 is 2.32. The van der Waals surface area contributed by atoms with Gasteiger partial charge in [-0.1, -0.05) is 43.4 Å². The molecule has 0 saturated heterocycles. The minimum atomic E-state index is -0.0953. The molecule has 3 heteroatoms. The molecular formula is C8H15IO2. The number of carbonyl (C=O) groups is 1. The Morgan fingerprint density at radius 1 is 1.45 bits per heavy atom. The molecule has 0 rings (SSSR count). The normalized spacial score (nSPS) is 13.2. The second-order valence-corrected chi connectivity index (χ2v) is 5.02. The molecule has 0 aliphatic rings. The highest BCUT2D eigenvalue weighted by Crippen LogP contribution is 2.05. The Hall–Kier alpha value is 0.200. The zero-order chi connectivity index (χ0) is 8.85. The first-order chi connectivity index (χ1) is 5.04. The fraction of sp³-hybridized carbons (Fsp3) is 0.875. The zero-order valence-electron chi connectivity index (χ0n) is 7.26. The first-order valence-electron chi connectivity index (χ1n) is 3.84. The molecule has 0 aromatic heterocycles. The lowest BCUT2D eigenvalue weighted by Crippen LogP contribution is -2.13. The summed E-state index contributed by atoms with van der Waals surface area (Å²) in [5, 5.41) is 0. The van der Waals surface area contributed by atoms with Crippen molar-refractivity contribution in [3.63, 3.8) is 0 Å². The number of ether oxygens (including phenoxy) is 1. The van der Waals surface area contributed by atoms with Crippen LogP contribution in [0.15, 0.2) is 0 Å². The van der Waals surface area contributed by atoms with Crippen molar-refractivity contribution < 1.29 is 9.53 Å². The maximum Gasteiger partial charge on any atom is 0.308 e. The molecule has 0 saturated carbocycles. The summed E-state index contributed by atoms with van der Waals surface area (Å²) in [6, 6.07) is 0. The van der Waals surface area contributed by atoms with E-state index in [0.717, 1.165) is 6.42 Å². The van der Waals surface area contributed by atoms with Crippen molar-refractivity contribution in [3.05, 3.63) is 0 Å². The van der Waals surface area contributed by atoms with Gasteiger partial charge in [0.2, 0.25) is 0 Å². The minimum Gasteiger partial charge on any atom is -0.465 e. The van der Waals surface area contributed by atoms with Gasteiger partial charge >= 0.3 is 5.97 Å². The van der Waals surface area contributed by atoms with Gasteiger partial charge in [0.1, 0.15) is 0 Å². The number of alkyl halides is 1. The molecule has 0 aliphatic heterocycles. The average molecular weight is 270 g/mol. The van der Waals surface area contributed by atoms with Crippen molar-refractivity contribution in [2.75, 3.05) is 6.61 Å². The van der Waals surface area contributed by atoms with Gasteiger partial charge in [0, 0.05) is 3.92 Å². The third kappa shape index (κ3) is 6.59. The SMILES string of the molecule is CC(I)CCOC(=O)C(C)C. The van der Waals surface area contributed by atoms with Crippen LogP contribution in [0.4, 0.5) is 0 Å². The third-order valence-electron chi connectivity index (χ3n) is 1.23. The van der Waals surface area contributed by atoms with Crippen LogP contribution in [-0.4, -0.2) is 16.5 Å². The van der Waals surface area contributed by atoms with E-state index in [1.807, 2.05) is 13.8 Å². The molecule has 0 spiro atoms. The Balaban J connectivity index is 3.32. The fourth-order valence-electron chi connectivity index (χ4n) is 0.489. The molecular weight excluding hydrogens is 255 g/mol. The first-order valence-corrected chi connectivity index (χ1v) is 5.09. The maximum atomic E-state index is 10.9. The Labute approximate surface area is 81.8 Å². The van der Waals surface area contributed by atoms with Gasteiger partial charge in [-0.25, -0.2) is 0 Å². The quantitative estimate of drug-likeness (QED) is 0.445.